The van der Waals surface area contributed by atoms with Gasteiger partial charge in [0.2, 0.25) is 11.4 Å². The molecule has 14 heteroatoms. The number of rotatable bonds is 3. The number of benzene rings is 1. The summed E-state index contributed by atoms with van der Waals surface area (Å²) >= 11 is 0.982. The number of fused-ring (bicyclic) bond motifs is 1. The molecule has 0 spiro atoms. The first kappa shape index (κ1) is 22.9. The Hall–Kier alpha value is -3.26. The van der Waals surface area contributed by atoms with Crippen molar-refractivity contribution >= 4 is 29.6 Å². The lowest BCUT2D eigenvalue weighted by Gasteiger charge is -2.33. The lowest BCUT2D eigenvalue weighted by Crippen LogP contribution is -2.47. The van der Waals surface area contributed by atoms with Crippen LogP contribution in [0.25, 0.3) is 0 Å². The van der Waals surface area contributed by atoms with Crippen LogP contribution in [0.3, 0.4) is 0 Å². The molecule has 33 heavy (non-hydrogen) atoms. The Morgan fingerprint density at radius 2 is 1.97 bits per heavy atom. The summed E-state index contributed by atoms with van der Waals surface area (Å²) in [6, 6.07) is 3.65. The summed E-state index contributed by atoms with van der Waals surface area (Å²) in [5, 5.41) is 0.350. The molecule has 0 radical (unpaired) electrons. The molecule has 0 saturated carbocycles. The maximum Gasteiger partial charge on any atom is 0.416 e. The van der Waals surface area contributed by atoms with Gasteiger partial charge in [-0.05, 0) is 29.5 Å². The highest BCUT2D eigenvalue weighted by Crippen LogP contribution is 2.46. The number of urea groups is 1. The molecule has 176 valence electrons. The van der Waals surface area contributed by atoms with Crippen LogP contribution in [-0.2, 0) is 15.7 Å². The standard InChI is InChI=1S/C19H18F3N5O5S/c1-30-14-13-15(25-9-24-14)33-18(27(13)16(23)28)32-17(29)26-6-7-31-12(8-26)10-2-4-11(5-3-10)19(20,21)22/h2-5,9,12,18H,6-8H2,1H3,(H2,23,28). The average molecular weight is 485 g/mol. The molecular weight excluding hydrogens is 467 g/mol. The third-order valence-corrected chi connectivity index (χ3v) is 6.02. The highest BCUT2D eigenvalue weighted by molar-refractivity contribution is 8.00. The highest BCUT2D eigenvalue weighted by atomic mass is 32.2. The van der Waals surface area contributed by atoms with Crippen LogP contribution in [-0.4, -0.2) is 59.4 Å². The predicted molar refractivity (Wildman–Crippen MR) is 108 cm³/mol. The molecule has 1 aromatic carbocycles. The number of carbonyl (C=O) groups excluding carboxylic acids is 2. The second-order valence-electron chi connectivity index (χ2n) is 6.98. The number of morpholine rings is 1. The van der Waals surface area contributed by atoms with E-state index in [-0.39, 0.29) is 31.3 Å². The van der Waals surface area contributed by atoms with Gasteiger partial charge in [-0.3, -0.25) is 0 Å². The summed E-state index contributed by atoms with van der Waals surface area (Å²) < 4.78 is 54.7. The molecule has 2 N–H and O–H groups in total. The number of halogens is 3. The minimum Gasteiger partial charge on any atom is -0.479 e. The summed E-state index contributed by atoms with van der Waals surface area (Å²) in [5.41, 5.74) is 4.25. The first-order chi connectivity index (χ1) is 15.7. The third kappa shape index (κ3) is 4.61. The van der Waals surface area contributed by atoms with E-state index in [1.54, 1.807) is 0 Å². The zero-order chi connectivity index (χ0) is 23.8. The molecule has 1 aromatic heterocycles. The van der Waals surface area contributed by atoms with Gasteiger partial charge in [-0.25, -0.2) is 19.5 Å². The molecule has 10 nitrogen and oxygen atoms in total. The number of nitrogens with zero attached hydrogens (tertiary/aromatic N) is 4. The number of primary amides is 1. The van der Waals surface area contributed by atoms with Crippen LogP contribution in [0.15, 0.2) is 35.6 Å². The molecule has 2 aromatic rings. The van der Waals surface area contributed by atoms with Crippen molar-refractivity contribution in [2.24, 2.45) is 5.73 Å². The zero-order valence-corrected chi connectivity index (χ0v) is 17.9. The van der Waals surface area contributed by atoms with Gasteiger partial charge in [0.05, 0.1) is 25.8 Å². The van der Waals surface area contributed by atoms with Crippen molar-refractivity contribution in [1.29, 1.82) is 0 Å². The maximum atomic E-state index is 12.8. The third-order valence-electron chi connectivity index (χ3n) is 4.99. The van der Waals surface area contributed by atoms with Crippen LogP contribution in [0.2, 0.25) is 0 Å². The fourth-order valence-electron chi connectivity index (χ4n) is 3.40. The largest absolute Gasteiger partial charge is 0.479 e. The van der Waals surface area contributed by atoms with Crippen molar-refractivity contribution in [3.05, 3.63) is 41.7 Å². The number of thioether (sulfide) groups is 1. The van der Waals surface area contributed by atoms with Gasteiger partial charge in [-0.15, -0.1) is 0 Å². The second-order valence-corrected chi connectivity index (χ2v) is 8.00. The fourth-order valence-corrected chi connectivity index (χ4v) is 4.44. The average Bonchev–Trinajstić information content (AvgIpc) is 3.17. The molecule has 2 aliphatic heterocycles. The van der Waals surface area contributed by atoms with E-state index in [2.05, 4.69) is 9.97 Å². The van der Waals surface area contributed by atoms with Crippen molar-refractivity contribution in [1.82, 2.24) is 14.9 Å². The van der Waals surface area contributed by atoms with E-state index in [1.807, 2.05) is 0 Å². The zero-order valence-electron chi connectivity index (χ0n) is 17.1. The van der Waals surface area contributed by atoms with E-state index in [0.717, 1.165) is 28.8 Å². The molecule has 0 bridgehead atoms. The maximum absolute atomic E-state index is 12.8. The molecular formula is C19H18F3N5O5S. The first-order valence-electron chi connectivity index (χ1n) is 9.57. The summed E-state index contributed by atoms with van der Waals surface area (Å²) in [4.78, 5) is 35.2. The van der Waals surface area contributed by atoms with Crippen molar-refractivity contribution in [3.8, 4) is 5.88 Å². The smallest absolute Gasteiger partial charge is 0.416 e. The molecule has 1 fully saturated rings. The Labute approximate surface area is 189 Å². The highest BCUT2D eigenvalue weighted by Gasteiger charge is 2.42. The number of nitrogens with two attached hydrogens (primary N) is 1. The number of methoxy groups -OCH3 is 1. The van der Waals surface area contributed by atoms with Gasteiger partial charge < -0.3 is 24.8 Å². The van der Waals surface area contributed by atoms with Crippen molar-refractivity contribution in [3.63, 3.8) is 0 Å². The SMILES string of the molecule is COc1ncnc2c1N(C(N)=O)C(OC(=O)N1CCOC(c3ccc(C(F)(F)F)cc3)C1)S2. The molecule has 3 amide bonds. The Balaban J connectivity index is 1.46. The van der Waals surface area contributed by atoms with Gasteiger partial charge in [0.1, 0.15) is 23.1 Å². The molecule has 4 rings (SSSR count). The van der Waals surface area contributed by atoms with Gasteiger partial charge >= 0.3 is 18.3 Å². The summed E-state index contributed by atoms with van der Waals surface area (Å²) in [6.45, 7) is 0.395. The van der Waals surface area contributed by atoms with Crippen LogP contribution in [0.5, 0.6) is 5.88 Å². The van der Waals surface area contributed by atoms with Crippen LogP contribution in [0, 0.1) is 0 Å². The lowest BCUT2D eigenvalue weighted by molar-refractivity contribution is -0.137. The van der Waals surface area contributed by atoms with E-state index in [4.69, 9.17) is 19.9 Å². The minimum absolute atomic E-state index is 0.0498. The van der Waals surface area contributed by atoms with Crippen molar-refractivity contribution < 1.29 is 37.0 Å². The number of aromatic nitrogens is 2. The number of carbonyl (C=O) groups is 2. The van der Waals surface area contributed by atoms with Gasteiger partial charge in [0, 0.05) is 6.54 Å². The number of anilines is 1. The molecule has 3 heterocycles. The van der Waals surface area contributed by atoms with E-state index >= 15 is 0 Å². The summed E-state index contributed by atoms with van der Waals surface area (Å²) in [7, 11) is 1.36. The second kappa shape index (κ2) is 8.94. The Morgan fingerprint density at radius 3 is 2.61 bits per heavy atom. The van der Waals surface area contributed by atoms with Crippen LogP contribution in [0.1, 0.15) is 17.2 Å². The lowest BCUT2D eigenvalue weighted by atomic mass is 10.1. The topological polar surface area (TPSA) is 120 Å². The van der Waals surface area contributed by atoms with Crippen LogP contribution in [0.4, 0.5) is 28.4 Å². The Morgan fingerprint density at radius 1 is 1.24 bits per heavy atom. The number of ether oxygens (including phenoxy) is 3. The van der Waals surface area contributed by atoms with E-state index in [0.29, 0.717) is 10.6 Å². The van der Waals surface area contributed by atoms with Gasteiger partial charge in [0.25, 0.3) is 0 Å². The first-order valence-corrected chi connectivity index (χ1v) is 10.5. The number of alkyl halides is 3. The molecule has 2 atom stereocenters. The predicted octanol–water partition coefficient (Wildman–Crippen LogP) is 2.99. The van der Waals surface area contributed by atoms with Gasteiger partial charge in [-0.1, -0.05) is 12.1 Å². The van der Waals surface area contributed by atoms with E-state index < -0.39 is 35.5 Å². The quantitative estimate of drug-likeness (QED) is 0.659. The monoisotopic (exact) mass is 485 g/mol. The van der Waals surface area contributed by atoms with Gasteiger partial charge in [-0.2, -0.15) is 18.2 Å². The Kier molecular flexibility index (Phi) is 6.21. The molecule has 2 aliphatic rings. The Bertz CT molecular complexity index is 1060. The normalized spacial score (nSPS) is 20.4. The number of hydrogen-bond donors (Lipinski definition) is 1. The van der Waals surface area contributed by atoms with Gasteiger partial charge in [0.15, 0.2) is 0 Å². The van der Waals surface area contributed by atoms with E-state index in [9.17, 15) is 22.8 Å². The summed E-state index contributed by atoms with van der Waals surface area (Å²) in [5.74, 6) is 0.0959. The number of amides is 3. The van der Waals surface area contributed by atoms with E-state index in [1.165, 1.54) is 30.5 Å². The summed E-state index contributed by atoms with van der Waals surface area (Å²) in [6.07, 6.45) is -4.60. The molecule has 1 saturated heterocycles. The minimum atomic E-state index is -4.45. The molecule has 0 aliphatic carbocycles. The van der Waals surface area contributed by atoms with Crippen LogP contribution < -0.4 is 15.4 Å². The number of hydrogen-bond acceptors (Lipinski definition) is 8. The van der Waals surface area contributed by atoms with Crippen molar-refractivity contribution in [2.45, 2.75) is 22.9 Å². The molecule has 2 unspecified atom stereocenters. The van der Waals surface area contributed by atoms with Crippen LogP contribution >= 0.6 is 11.8 Å². The fraction of sp³-hybridized carbons (Fsp3) is 0.368. The van der Waals surface area contributed by atoms with Crippen molar-refractivity contribution in [2.75, 3.05) is 31.7 Å².